The van der Waals surface area contributed by atoms with Gasteiger partial charge in [0.2, 0.25) is 0 Å². The van der Waals surface area contributed by atoms with Gasteiger partial charge in [-0.25, -0.2) is 0 Å². The second-order valence-corrected chi connectivity index (χ2v) is 3.71. The number of carbonyl (C=O) groups excluding carboxylic acids is 1. The van der Waals surface area contributed by atoms with Gasteiger partial charge in [0.05, 0.1) is 6.61 Å². The lowest BCUT2D eigenvalue weighted by Crippen LogP contribution is -2.42. The van der Waals surface area contributed by atoms with Crippen LogP contribution in [0.25, 0.3) is 0 Å². The molecule has 0 radical (unpaired) electrons. The van der Waals surface area contributed by atoms with Crippen LogP contribution >= 0.6 is 0 Å². The monoisotopic (exact) mass is 201 g/mol. The van der Waals surface area contributed by atoms with Crippen LogP contribution < -0.4 is 5.32 Å². The van der Waals surface area contributed by atoms with Gasteiger partial charge < -0.3 is 14.8 Å². The van der Waals surface area contributed by atoms with Crippen molar-refractivity contribution in [2.45, 2.75) is 38.3 Å². The summed E-state index contributed by atoms with van der Waals surface area (Å²) in [5.41, 5.74) is 0. The largest absolute Gasteiger partial charge is 0.459 e. The van der Waals surface area contributed by atoms with Gasteiger partial charge >= 0.3 is 5.97 Å². The van der Waals surface area contributed by atoms with Gasteiger partial charge in [0.1, 0.15) is 12.1 Å². The number of esters is 1. The quantitative estimate of drug-likeness (QED) is 0.680. The Bertz CT molecular complexity index is 178. The van der Waals surface area contributed by atoms with E-state index in [-0.39, 0.29) is 18.1 Å². The Labute approximate surface area is 85.0 Å². The van der Waals surface area contributed by atoms with E-state index in [9.17, 15) is 4.79 Å². The van der Waals surface area contributed by atoms with Gasteiger partial charge in [0.25, 0.3) is 0 Å². The lowest BCUT2D eigenvalue weighted by atomic mass is 10.1. The average Bonchev–Trinajstić information content (AvgIpc) is 2.19. The summed E-state index contributed by atoms with van der Waals surface area (Å²) in [6.45, 7) is 3.21. The molecule has 0 aromatic carbocycles. The third-order valence-corrected chi connectivity index (χ3v) is 2.31. The molecule has 0 saturated carbocycles. The van der Waals surface area contributed by atoms with Crippen LogP contribution in [0, 0.1) is 0 Å². The predicted octanol–water partition coefficient (Wildman–Crippen LogP) is 0.707. The molecule has 1 rings (SSSR count). The normalized spacial score (nSPS) is 24.3. The number of carbonyl (C=O) groups is 1. The summed E-state index contributed by atoms with van der Waals surface area (Å²) in [6, 6.07) is -0.108. The molecule has 0 bridgehead atoms. The molecule has 1 saturated heterocycles. The Morgan fingerprint density at radius 1 is 1.57 bits per heavy atom. The Kier molecular flexibility index (Phi) is 4.90. The molecule has 1 fully saturated rings. The van der Waals surface area contributed by atoms with Crippen molar-refractivity contribution in [3.8, 4) is 0 Å². The highest BCUT2D eigenvalue weighted by Gasteiger charge is 2.23. The summed E-state index contributed by atoms with van der Waals surface area (Å²) >= 11 is 0. The fraction of sp³-hybridized carbons (Fsp3) is 0.900. The van der Waals surface area contributed by atoms with Crippen LogP contribution in [0.5, 0.6) is 0 Å². The zero-order chi connectivity index (χ0) is 10.4. The molecule has 0 aromatic heterocycles. The summed E-state index contributed by atoms with van der Waals surface area (Å²) in [4.78, 5) is 11.5. The minimum Gasteiger partial charge on any atom is -0.459 e. The topological polar surface area (TPSA) is 47.6 Å². The minimum absolute atomic E-state index is 0.108. The van der Waals surface area contributed by atoms with Crippen LogP contribution in [0.1, 0.15) is 26.2 Å². The van der Waals surface area contributed by atoms with Crippen LogP contribution in [0.4, 0.5) is 0 Å². The first-order valence-corrected chi connectivity index (χ1v) is 5.17. The number of ether oxygens (including phenoxy) is 2. The Morgan fingerprint density at radius 2 is 2.36 bits per heavy atom. The first-order valence-electron chi connectivity index (χ1n) is 5.17. The summed E-state index contributed by atoms with van der Waals surface area (Å²) in [7, 11) is 1.60. The van der Waals surface area contributed by atoms with E-state index in [0.717, 1.165) is 25.8 Å². The highest BCUT2D eigenvalue weighted by atomic mass is 16.6. The average molecular weight is 201 g/mol. The SMILES string of the molecule is COCC(C)OC(=O)[C@@H]1CCCCN1. The smallest absolute Gasteiger partial charge is 0.323 e. The summed E-state index contributed by atoms with van der Waals surface area (Å²) < 4.78 is 10.1. The van der Waals surface area contributed by atoms with Gasteiger partial charge in [0.15, 0.2) is 0 Å². The Morgan fingerprint density at radius 3 is 2.93 bits per heavy atom. The molecule has 2 atom stereocenters. The molecule has 14 heavy (non-hydrogen) atoms. The molecule has 1 aliphatic heterocycles. The first kappa shape index (κ1) is 11.5. The lowest BCUT2D eigenvalue weighted by Gasteiger charge is -2.23. The number of hydrogen-bond donors (Lipinski definition) is 1. The maximum atomic E-state index is 11.5. The van der Waals surface area contributed by atoms with Crippen molar-refractivity contribution in [1.29, 1.82) is 0 Å². The van der Waals surface area contributed by atoms with Crippen LogP contribution in [0.3, 0.4) is 0 Å². The summed E-state index contributed by atoms with van der Waals surface area (Å²) in [5, 5.41) is 3.15. The number of hydrogen-bond acceptors (Lipinski definition) is 4. The van der Waals surface area contributed by atoms with Gasteiger partial charge in [0, 0.05) is 7.11 Å². The molecule has 1 unspecified atom stereocenters. The van der Waals surface area contributed by atoms with Crippen LogP contribution in [-0.4, -0.2) is 38.4 Å². The van der Waals surface area contributed by atoms with Crippen molar-refractivity contribution in [2.24, 2.45) is 0 Å². The molecule has 0 aliphatic carbocycles. The summed E-state index contributed by atoms with van der Waals surface area (Å²) in [6.07, 6.45) is 2.98. The maximum Gasteiger partial charge on any atom is 0.323 e. The molecule has 0 aromatic rings. The molecule has 4 heteroatoms. The van der Waals surface area contributed by atoms with Gasteiger partial charge in [-0.2, -0.15) is 0 Å². The van der Waals surface area contributed by atoms with Crippen LogP contribution in [0.2, 0.25) is 0 Å². The van der Waals surface area contributed by atoms with E-state index in [1.54, 1.807) is 7.11 Å². The Balaban J connectivity index is 2.25. The highest BCUT2D eigenvalue weighted by Crippen LogP contribution is 2.09. The minimum atomic E-state index is -0.156. The molecule has 1 N–H and O–H groups in total. The molecule has 1 aliphatic rings. The van der Waals surface area contributed by atoms with E-state index in [4.69, 9.17) is 9.47 Å². The second kappa shape index (κ2) is 5.98. The fourth-order valence-electron chi connectivity index (χ4n) is 1.60. The van der Waals surface area contributed by atoms with Crippen LogP contribution in [0.15, 0.2) is 0 Å². The first-order chi connectivity index (χ1) is 6.74. The van der Waals surface area contributed by atoms with E-state index < -0.39 is 0 Å². The van der Waals surface area contributed by atoms with Crippen molar-refractivity contribution in [3.05, 3.63) is 0 Å². The fourth-order valence-corrected chi connectivity index (χ4v) is 1.60. The second-order valence-electron chi connectivity index (χ2n) is 3.71. The standard InChI is InChI=1S/C10H19NO3/c1-8(7-13-2)14-10(12)9-5-3-4-6-11-9/h8-9,11H,3-7H2,1-2H3/t8?,9-/m0/s1. The van der Waals surface area contributed by atoms with Crippen molar-refractivity contribution < 1.29 is 14.3 Å². The summed E-state index contributed by atoms with van der Waals surface area (Å²) in [5.74, 6) is -0.144. The zero-order valence-electron chi connectivity index (χ0n) is 8.91. The third kappa shape index (κ3) is 3.64. The Hall–Kier alpha value is -0.610. The van der Waals surface area contributed by atoms with E-state index in [0.29, 0.717) is 6.61 Å². The molecule has 82 valence electrons. The van der Waals surface area contributed by atoms with Crippen molar-refractivity contribution >= 4 is 5.97 Å². The molecule has 4 nitrogen and oxygen atoms in total. The van der Waals surface area contributed by atoms with E-state index in [1.165, 1.54) is 0 Å². The number of methoxy groups -OCH3 is 1. The molecule has 1 heterocycles. The molecular weight excluding hydrogens is 182 g/mol. The number of rotatable bonds is 4. The van der Waals surface area contributed by atoms with E-state index in [2.05, 4.69) is 5.32 Å². The van der Waals surface area contributed by atoms with Gasteiger partial charge in [-0.05, 0) is 26.3 Å². The van der Waals surface area contributed by atoms with Gasteiger partial charge in [-0.3, -0.25) is 4.79 Å². The van der Waals surface area contributed by atoms with Gasteiger partial charge in [-0.15, -0.1) is 0 Å². The van der Waals surface area contributed by atoms with Crippen LogP contribution in [-0.2, 0) is 14.3 Å². The van der Waals surface area contributed by atoms with Gasteiger partial charge in [-0.1, -0.05) is 6.42 Å². The van der Waals surface area contributed by atoms with Crippen molar-refractivity contribution in [1.82, 2.24) is 5.32 Å². The number of nitrogens with one attached hydrogen (secondary N) is 1. The van der Waals surface area contributed by atoms with E-state index in [1.807, 2.05) is 6.92 Å². The molecule has 0 amide bonds. The third-order valence-electron chi connectivity index (χ3n) is 2.31. The van der Waals surface area contributed by atoms with E-state index >= 15 is 0 Å². The predicted molar refractivity (Wildman–Crippen MR) is 53.1 cm³/mol. The maximum absolute atomic E-state index is 11.5. The van der Waals surface area contributed by atoms with Crippen molar-refractivity contribution in [2.75, 3.05) is 20.3 Å². The van der Waals surface area contributed by atoms with Crippen molar-refractivity contribution in [3.63, 3.8) is 0 Å². The lowest BCUT2D eigenvalue weighted by molar-refractivity contribution is -0.153. The highest BCUT2D eigenvalue weighted by molar-refractivity contribution is 5.76. The zero-order valence-corrected chi connectivity index (χ0v) is 8.91. The number of piperidine rings is 1. The molecule has 0 spiro atoms. The molecular formula is C10H19NO3.